The van der Waals surface area contributed by atoms with E-state index in [1.807, 2.05) is 67.6 Å². The molecule has 1 N–H and O–H groups in total. The third-order valence-electron chi connectivity index (χ3n) is 4.34. The van der Waals surface area contributed by atoms with Gasteiger partial charge in [0.15, 0.2) is 0 Å². The van der Waals surface area contributed by atoms with Crippen molar-refractivity contribution in [3.8, 4) is 0 Å². The second kappa shape index (κ2) is 10.5. The summed E-state index contributed by atoms with van der Waals surface area (Å²) in [6.45, 7) is 1.85. The minimum absolute atomic E-state index is 0.175. The molecule has 2 heterocycles. The molecule has 1 atom stereocenters. The zero-order valence-corrected chi connectivity index (χ0v) is 19.4. The van der Waals surface area contributed by atoms with Crippen LogP contribution < -0.4 is 5.32 Å². The van der Waals surface area contributed by atoms with Gasteiger partial charge in [0, 0.05) is 22.9 Å². The van der Waals surface area contributed by atoms with E-state index in [0.29, 0.717) is 10.3 Å². The quantitative estimate of drug-likeness (QED) is 0.196. The van der Waals surface area contributed by atoms with Crippen molar-refractivity contribution in [2.24, 2.45) is 4.99 Å². The molecule has 160 valence electrons. The van der Waals surface area contributed by atoms with Crippen LogP contribution in [0.15, 0.2) is 82.8 Å². The molecule has 4 rings (SSSR count). The van der Waals surface area contributed by atoms with E-state index in [1.54, 1.807) is 18.5 Å². The zero-order chi connectivity index (χ0) is 22.3. The molecular weight excluding hydrogens is 462 g/mol. The fourth-order valence-electron chi connectivity index (χ4n) is 2.84. The molecule has 2 aromatic heterocycles. The van der Waals surface area contributed by atoms with Crippen LogP contribution in [0.5, 0.6) is 0 Å². The summed E-state index contributed by atoms with van der Waals surface area (Å²) in [5.74, 6) is -0.175. The van der Waals surface area contributed by atoms with Gasteiger partial charge in [0.05, 0.1) is 5.69 Å². The number of carbonyl (C=O) groups is 1. The third-order valence-corrected chi connectivity index (χ3v) is 6.73. The number of hydrogen-bond donors (Lipinski definition) is 1. The van der Waals surface area contributed by atoms with Crippen LogP contribution in [0, 0.1) is 6.92 Å². The summed E-state index contributed by atoms with van der Waals surface area (Å²) < 4.78 is 0. The molecule has 0 aliphatic carbocycles. The number of pyridine rings is 1. The van der Waals surface area contributed by atoms with Gasteiger partial charge in [-0.1, -0.05) is 65.4 Å². The van der Waals surface area contributed by atoms with E-state index >= 15 is 0 Å². The molecule has 0 saturated heterocycles. The second-order valence-corrected chi connectivity index (χ2v) is 9.32. The maximum atomic E-state index is 13.2. The maximum absolute atomic E-state index is 13.2. The molecule has 0 aliphatic rings. The molecule has 0 spiro atoms. The number of benzene rings is 2. The predicted molar refractivity (Wildman–Crippen MR) is 131 cm³/mol. The van der Waals surface area contributed by atoms with Gasteiger partial charge in [0.25, 0.3) is 0 Å². The zero-order valence-electron chi connectivity index (χ0n) is 17.0. The molecule has 4 aromatic rings. The van der Waals surface area contributed by atoms with Crippen molar-refractivity contribution < 1.29 is 4.79 Å². The Morgan fingerprint density at radius 1 is 1.09 bits per heavy atom. The van der Waals surface area contributed by atoms with Crippen LogP contribution in [0.25, 0.3) is 0 Å². The molecule has 0 radical (unpaired) electrons. The number of para-hydroxylation sites is 1. The molecule has 0 fully saturated rings. The van der Waals surface area contributed by atoms with E-state index < -0.39 is 5.25 Å². The number of halogens is 1. The van der Waals surface area contributed by atoms with Crippen LogP contribution in [-0.2, 0) is 4.79 Å². The first-order valence-electron chi connectivity index (χ1n) is 9.66. The Balaban J connectivity index is 1.62. The van der Waals surface area contributed by atoms with E-state index in [-0.39, 0.29) is 5.91 Å². The topological polar surface area (TPSA) is 80.1 Å². The third kappa shape index (κ3) is 5.59. The molecule has 1 unspecified atom stereocenters. The van der Waals surface area contributed by atoms with Crippen molar-refractivity contribution in [2.45, 2.75) is 17.1 Å². The molecular formula is C23H18ClN5OS2. The molecule has 9 heteroatoms. The number of hydrogen-bond acceptors (Lipinski definition) is 7. The number of carbonyl (C=O) groups excluding carboxylic acids is 1. The normalized spacial score (nSPS) is 12.1. The number of aliphatic imine (C=N–C) groups is 1. The number of aromatic nitrogens is 3. The highest BCUT2D eigenvalue weighted by molar-refractivity contribution is 8.00. The molecule has 32 heavy (non-hydrogen) atoms. The largest absolute Gasteiger partial charge is 0.299 e. The molecule has 2 aromatic carbocycles. The van der Waals surface area contributed by atoms with Crippen LogP contribution in [0.3, 0.4) is 0 Å². The van der Waals surface area contributed by atoms with E-state index in [0.717, 1.165) is 26.7 Å². The first kappa shape index (κ1) is 22.1. The lowest BCUT2D eigenvalue weighted by atomic mass is 10.1. The Kier molecular flexibility index (Phi) is 7.26. The number of thioether (sulfide) groups is 1. The Labute approximate surface area is 198 Å². The minimum Gasteiger partial charge on any atom is -0.299 e. The number of nitrogens with one attached hydrogen (secondary N) is 1. The van der Waals surface area contributed by atoms with Gasteiger partial charge in [0.1, 0.15) is 15.4 Å². The van der Waals surface area contributed by atoms with E-state index in [4.69, 9.17) is 11.6 Å². The fraction of sp³-hybridized carbons (Fsp3) is 0.0870. The predicted octanol–water partition coefficient (Wildman–Crippen LogP) is 6.12. The van der Waals surface area contributed by atoms with Crippen molar-refractivity contribution in [2.75, 3.05) is 5.32 Å². The second-order valence-electron chi connectivity index (χ2n) is 6.63. The smallest absolute Gasteiger partial charge is 0.244 e. The van der Waals surface area contributed by atoms with Crippen molar-refractivity contribution in [3.63, 3.8) is 0 Å². The molecule has 0 bridgehead atoms. The van der Waals surface area contributed by atoms with Gasteiger partial charge in [-0.05, 0) is 36.8 Å². The first-order chi connectivity index (χ1) is 15.6. The summed E-state index contributed by atoms with van der Waals surface area (Å²) in [5, 5.41) is 12.0. The summed E-state index contributed by atoms with van der Waals surface area (Å²) in [5.41, 5.74) is 2.33. The van der Waals surface area contributed by atoms with Crippen LogP contribution in [-0.4, -0.2) is 27.3 Å². The van der Waals surface area contributed by atoms with Crippen LogP contribution in [0.4, 0.5) is 10.8 Å². The van der Waals surface area contributed by atoms with Crippen LogP contribution in [0.1, 0.15) is 21.4 Å². The first-order valence-corrected chi connectivity index (χ1v) is 11.7. The lowest BCUT2D eigenvalue weighted by Crippen LogP contribution is -2.19. The number of rotatable bonds is 7. The summed E-state index contributed by atoms with van der Waals surface area (Å²) in [7, 11) is 0. The van der Waals surface area contributed by atoms with Gasteiger partial charge in [-0.3, -0.25) is 15.1 Å². The average Bonchev–Trinajstić information content (AvgIpc) is 3.22. The van der Waals surface area contributed by atoms with E-state index in [2.05, 4.69) is 25.5 Å². The number of aryl methyl sites for hydroxylation is 1. The lowest BCUT2D eigenvalue weighted by molar-refractivity contribution is -0.115. The van der Waals surface area contributed by atoms with Gasteiger partial charge in [-0.15, -0.1) is 22.0 Å². The van der Waals surface area contributed by atoms with Gasteiger partial charge >= 0.3 is 0 Å². The van der Waals surface area contributed by atoms with Crippen LogP contribution in [0.2, 0.25) is 5.15 Å². The molecule has 0 saturated carbocycles. The van der Waals surface area contributed by atoms with Crippen molar-refractivity contribution in [1.82, 2.24) is 15.2 Å². The van der Waals surface area contributed by atoms with Crippen molar-refractivity contribution in [1.29, 1.82) is 0 Å². The van der Waals surface area contributed by atoms with Crippen LogP contribution >= 0.6 is 34.7 Å². The fourth-order valence-corrected chi connectivity index (χ4v) is 4.72. The maximum Gasteiger partial charge on any atom is 0.244 e. The highest BCUT2D eigenvalue weighted by Gasteiger charge is 2.24. The number of anilines is 1. The van der Waals surface area contributed by atoms with Crippen molar-refractivity contribution in [3.05, 3.63) is 94.2 Å². The molecule has 6 nitrogen and oxygen atoms in total. The van der Waals surface area contributed by atoms with Gasteiger partial charge in [0.2, 0.25) is 11.0 Å². The van der Waals surface area contributed by atoms with E-state index in [1.165, 1.54) is 23.1 Å². The Morgan fingerprint density at radius 2 is 1.88 bits per heavy atom. The summed E-state index contributed by atoms with van der Waals surface area (Å²) in [6.07, 6.45) is 3.31. The minimum atomic E-state index is -0.501. The number of amides is 1. The van der Waals surface area contributed by atoms with Gasteiger partial charge in [-0.25, -0.2) is 4.98 Å². The summed E-state index contributed by atoms with van der Waals surface area (Å²) in [6, 6.07) is 20.9. The highest BCUT2D eigenvalue weighted by atomic mass is 35.5. The summed E-state index contributed by atoms with van der Waals surface area (Å²) in [4.78, 5) is 22.7. The molecule has 1 amide bonds. The van der Waals surface area contributed by atoms with E-state index in [9.17, 15) is 4.79 Å². The molecule has 0 aliphatic heterocycles. The summed E-state index contributed by atoms with van der Waals surface area (Å²) >= 11 is 8.91. The standard InChI is InChI=1S/C23H18ClN5OS2/c1-15-28-29-23(31-15)27-22(30)20(16-8-3-2-4-9-16)32-19-12-6-5-11-18(19)26-14-17-10-7-13-25-21(17)24/h2-14,20H,1H3,(H,27,29,30). The average molecular weight is 480 g/mol. The SMILES string of the molecule is Cc1nnc(NC(=O)C(Sc2ccccc2N=Cc2cccnc2Cl)c2ccccc2)s1. The van der Waals surface area contributed by atoms with Crippen molar-refractivity contribution >= 4 is 57.6 Å². The number of nitrogens with zero attached hydrogens (tertiary/aromatic N) is 4. The lowest BCUT2D eigenvalue weighted by Gasteiger charge is -2.17. The Morgan fingerprint density at radius 3 is 2.62 bits per heavy atom. The Hall–Kier alpha value is -3.07. The van der Waals surface area contributed by atoms with Gasteiger partial charge < -0.3 is 0 Å². The Bertz CT molecular complexity index is 1250. The highest BCUT2D eigenvalue weighted by Crippen LogP contribution is 2.40. The van der Waals surface area contributed by atoms with Gasteiger partial charge in [-0.2, -0.15) is 0 Å². The monoisotopic (exact) mass is 479 g/mol.